The van der Waals surface area contributed by atoms with Crippen LogP contribution in [0.2, 0.25) is 5.02 Å². The van der Waals surface area contributed by atoms with Gasteiger partial charge in [0.15, 0.2) is 0 Å². The van der Waals surface area contributed by atoms with Crippen LogP contribution in [0.4, 0.5) is 0 Å². The van der Waals surface area contributed by atoms with E-state index in [1.165, 1.54) is 13.2 Å². The minimum atomic E-state index is -0.391. The molecule has 0 aliphatic carbocycles. The molecular weight excluding hydrogens is 314 g/mol. The number of rotatable bonds is 5. The minimum absolute atomic E-state index is 0.220. The molecule has 0 atom stereocenters. The highest BCUT2D eigenvalue weighted by Crippen LogP contribution is 2.14. The zero-order valence-corrected chi connectivity index (χ0v) is 13.3. The highest BCUT2D eigenvalue weighted by atomic mass is 35.5. The summed E-state index contributed by atoms with van der Waals surface area (Å²) in [4.78, 5) is 23.1. The molecule has 0 bridgehead atoms. The molecule has 0 heterocycles. The van der Waals surface area contributed by atoms with Crippen LogP contribution in [0.25, 0.3) is 6.08 Å². The van der Waals surface area contributed by atoms with E-state index in [2.05, 4.69) is 10.1 Å². The normalized spacial score (nSPS) is 10.5. The van der Waals surface area contributed by atoms with E-state index < -0.39 is 5.97 Å². The number of methoxy groups -OCH3 is 1. The minimum Gasteiger partial charge on any atom is -0.465 e. The zero-order chi connectivity index (χ0) is 16.7. The molecule has 23 heavy (non-hydrogen) atoms. The van der Waals surface area contributed by atoms with Gasteiger partial charge in [-0.05, 0) is 35.4 Å². The average molecular weight is 330 g/mol. The van der Waals surface area contributed by atoms with Gasteiger partial charge in [-0.2, -0.15) is 0 Å². The first-order valence-corrected chi connectivity index (χ1v) is 7.35. The number of hydrogen-bond acceptors (Lipinski definition) is 3. The number of carbonyl (C=O) groups is 2. The Balaban J connectivity index is 1.91. The molecule has 0 aromatic heterocycles. The van der Waals surface area contributed by atoms with Gasteiger partial charge < -0.3 is 10.1 Å². The smallest absolute Gasteiger partial charge is 0.337 e. The molecule has 0 saturated carbocycles. The third-order valence-electron chi connectivity index (χ3n) is 3.17. The molecule has 118 valence electrons. The Labute approximate surface area is 139 Å². The lowest BCUT2D eigenvalue weighted by Crippen LogP contribution is -2.20. The summed E-state index contributed by atoms with van der Waals surface area (Å²) in [5, 5.41) is 3.39. The van der Waals surface area contributed by atoms with Crippen molar-refractivity contribution in [1.82, 2.24) is 5.32 Å². The quantitative estimate of drug-likeness (QED) is 0.675. The van der Waals surface area contributed by atoms with Crippen molar-refractivity contribution in [2.45, 2.75) is 6.54 Å². The number of benzene rings is 2. The molecular formula is C18H16ClNO3. The lowest BCUT2D eigenvalue weighted by Gasteiger charge is -2.04. The maximum absolute atomic E-state index is 11.8. The van der Waals surface area contributed by atoms with Gasteiger partial charge in [0, 0.05) is 17.6 Å². The maximum Gasteiger partial charge on any atom is 0.337 e. The molecule has 1 amide bonds. The average Bonchev–Trinajstić information content (AvgIpc) is 2.59. The van der Waals surface area contributed by atoms with E-state index in [-0.39, 0.29) is 5.91 Å². The van der Waals surface area contributed by atoms with Gasteiger partial charge in [-0.3, -0.25) is 4.79 Å². The Morgan fingerprint density at radius 2 is 1.83 bits per heavy atom. The molecule has 5 heteroatoms. The molecule has 4 nitrogen and oxygen atoms in total. The van der Waals surface area contributed by atoms with Gasteiger partial charge in [0.2, 0.25) is 5.91 Å². The van der Waals surface area contributed by atoms with E-state index in [0.29, 0.717) is 17.1 Å². The van der Waals surface area contributed by atoms with Crippen molar-refractivity contribution in [1.29, 1.82) is 0 Å². The number of ether oxygens (including phenoxy) is 1. The first-order chi connectivity index (χ1) is 11.1. The van der Waals surface area contributed by atoms with Crippen LogP contribution in [0.15, 0.2) is 54.6 Å². The number of nitrogens with one attached hydrogen (secondary N) is 1. The van der Waals surface area contributed by atoms with Crippen LogP contribution in [-0.2, 0) is 16.1 Å². The second kappa shape index (κ2) is 8.15. The maximum atomic E-state index is 11.8. The highest BCUT2D eigenvalue weighted by Gasteiger charge is 2.04. The SMILES string of the molecule is COC(=O)c1ccc(/C=C/C(=O)NCc2ccccc2Cl)cc1. The van der Waals surface area contributed by atoms with Crippen molar-refractivity contribution in [2.75, 3.05) is 7.11 Å². The van der Waals surface area contributed by atoms with Crippen molar-refractivity contribution in [3.63, 3.8) is 0 Å². The first-order valence-electron chi connectivity index (χ1n) is 6.98. The predicted molar refractivity (Wildman–Crippen MR) is 90.1 cm³/mol. The summed E-state index contributed by atoms with van der Waals surface area (Å²) in [5.74, 6) is -0.611. The highest BCUT2D eigenvalue weighted by molar-refractivity contribution is 6.31. The molecule has 0 spiro atoms. The van der Waals surface area contributed by atoms with Gasteiger partial charge >= 0.3 is 5.97 Å². The fourth-order valence-corrected chi connectivity index (χ4v) is 2.11. The van der Waals surface area contributed by atoms with Crippen molar-refractivity contribution in [3.05, 3.63) is 76.3 Å². The third-order valence-corrected chi connectivity index (χ3v) is 3.54. The number of hydrogen-bond donors (Lipinski definition) is 1. The van der Waals surface area contributed by atoms with Crippen molar-refractivity contribution >= 4 is 29.6 Å². The summed E-state index contributed by atoms with van der Waals surface area (Å²) in [7, 11) is 1.33. The van der Waals surface area contributed by atoms with Crippen molar-refractivity contribution in [3.8, 4) is 0 Å². The third kappa shape index (κ3) is 4.97. The number of halogens is 1. The van der Waals surface area contributed by atoms with Crippen LogP contribution >= 0.6 is 11.6 Å². The second-order valence-electron chi connectivity index (χ2n) is 4.76. The standard InChI is InChI=1S/C18H16ClNO3/c1-23-18(22)14-9-6-13(7-10-14)8-11-17(21)20-12-15-4-2-3-5-16(15)19/h2-11H,12H2,1H3,(H,20,21)/b11-8+. The molecule has 0 fully saturated rings. The van der Waals surface area contributed by atoms with Gasteiger partial charge in [-0.1, -0.05) is 41.9 Å². The zero-order valence-electron chi connectivity index (χ0n) is 12.6. The Bertz CT molecular complexity index is 723. The summed E-state index contributed by atoms with van der Waals surface area (Å²) in [6.07, 6.45) is 3.10. The Hall–Kier alpha value is -2.59. The Kier molecular flexibility index (Phi) is 5.94. The largest absolute Gasteiger partial charge is 0.465 e. The molecule has 0 saturated heterocycles. The van der Waals surface area contributed by atoms with E-state index in [1.54, 1.807) is 36.4 Å². The molecule has 2 rings (SSSR count). The lowest BCUT2D eigenvalue weighted by molar-refractivity contribution is -0.116. The number of carbonyl (C=O) groups excluding carboxylic acids is 2. The predicted octanol–water partition coefficient (Wildman–Crippen LogP) is 3.46. The van der Waals surface area contributed by atoms with Crippen molar-refractivity contribution in [2.24, 2.45) is 0 Å². The van der Waals surface area contributed by atoms with E-state index in [0.717, 1.165) is 11.1 Å². The lowest BCUT2D eigenvalue weighted by atomic mass is 10.1. The number of amides is 1. The van der Waals surface area contributed by atoms with Crippen LogP contribution in [0.1, 0.15) is 21.5 Å². The van der Waals surface area contributed by atoms with Gasteiger partial charge in [-0.15, -0.1) is 0 Å². The molecule has 2 aromatic rings. The van der Waals surface area contributed by atoms with E-state index >= 15 is 0 Å². The molecule has 0 aliphatic heterocycles. The molecule has 2 aromatic carbocycles. The Morgan fingerprint density at radius 1 is 1.13 bits per heavy atom. The molecule has 1 N–H and O–H groups in total. The topological polar surface area (TPSA) is 55.4 Å². The van der Waals surface area contributed by atoms with Gasteiger partial charge in [0.05, 0.1) is 12.7 Å². The van der Waals surface area contributed by atoms with E-state index in [9.17, 15) is 9.59 Å². The van der Waals surface area contributed by atoms with E-state index in [1.807, 2.05) is 18.2 Å². The second-order valence-corrected chi connectivity index (χ2v) is 5.16. The molecule has 0 unspecified atom stereocenters. The van der Waals surface area contributed by atoms with Gasteiger partial charge in [0.25, 0.3) is 0 Å². The number of esters is 1. The van der Waals surface area contributed by atoms with Crippen LogP contribution in [0.5, 0.6) is 0 Å². The van der Waals surface area contributed by atoms with Crippen LogP contribution in [-0.4, -0.2) is 19.0 Å². The summed E-state index contributed by atoms with van der Waals surface area (Å²) in [6, 6.07) is 14.1. The molecule has 0 radical (unpaired) electrons. The van der Waals surface area contributed by atoms with Crippen LogP contribution < -0.4 is 5.32 Å². The summed E-state index contributed by atoms with van der Waals surface area (Å²) >= 11 is 6.03. The van der Waals surface area contributed by atoms with Crippen LogP contribution in [0, 0.1) is 0 Å². The summed E-state index contributed by atoms with van der Waals surface area (Å²) in [5.41, 5.74) is 2.14. The first kappa shape index (κ1) is 16.8. The summed E-state index contributed by atoms with van der Waals surface area (Å²) < 4.78 is 4.63. The van der Waals surface area contributed by atoms with Gasteiger partial charge in [0.1, 0.15) is 0 Å². The Morgan fingerprint density at radius 3 is 2.48 bits per heavy atom. The van der Waals surface area contributed by atoms with E-state index in [4.69, 9.17) is 11.6 Å². The fraction of sp³-hybridized carbons (Fsp3) is 0.111. The summed E-state index contributed by atoms with van der Waals surface area (Å²) in [6.45, 7) is 0.365. The van der Waals surface area contributed by atoms with Crippen molar-refractivity contribution < 1.29 is 14.3 Å². The van der Waals surface area contributed by atoms with Gasteiger partial charge in [-0.25, -0.2) is 4.79 Å². The monoisotopic (exact) mass is 329 g/mol. The fourth-order valence-electron chi connectivity index (χ4n) is 1.90. The molecule has 0 aliphatic rings. The van der Waals surface area contributed by atoms with Crippen LogP contribution in [0.3, 0.4) is 0 Å².